The Balaban J connectivity index is 1.94. The van der Waals surface area contributed by atoms with E-state index in [0.29, 0.717) is 21.5 Å². The molecule has 0 bridgehead atoms. The van der Waals surface area contributed by atoms with Crippen molar-refractivity contribution in [2.45, 2.75) is 4.90 Å². The van der Waals surface area contributed by atoms with Crippen molar-refractivity contribution in [2.75, 3.05) is 16.0 Å². The zero-order valence-corrected chi connectivity index (χ0v) is 14.3. The molecule has 1 aliphatic heterocycles. The van der Waals surface area contributed by atoms with Crippen molar-refractivity contribution in [1.82, 2.24) is 0 Å². The number of fused-ring (bicyclic) bond motifs is 1. The molecule has 2 aromatic carbocycles. The second kappa shape index (κ2) is 6.46. The van der Waals surface area contributed by atoms with Crippen molar-refractivity contribution < 1.29 is 4.79 Å². The highest BCUT2D eigenvalue weighted by molar-refractivity contribution is 8.00. The first kappa shape index (κ1) is 15.6. The number of hydrogen-bond donors (Lipinski definition) is 1. The molecule has 22 heavy (non-hydrogen) atoms. The van der Waals surface area contributed by atoms with Gasteiger partial charge in [0.05, 0.1) is 27.2 Å². The Morgan fingerprint density at radius 3 is 2.55 bits per heavy atom. The van der Waals surface area contributed by atoms with Gasteiger partial charge in [0.2, 0.25) is 5.91 Å². The van der Waals surface area contributed by atoms with Crippen molar-refractivity contribution in [3.05, 3.63) is 52.5 Å². The highest BCUT2D eigenvalue weighted by Crippen LogP contribution is 2.36. The zero-order valence-electron chi connectivity index (χ0n) is 11.2. The van der Waals surface area contributed by atoms with E-state index in [1.165, 1.54) is 16.7 Å². The van der Waals surface area contributed by atoms with E-state index in [1.54, 1.807) is 18.2 Å². The molecular weight excluding hydrogens is 359 g/mol. The summed E-state index contributed by atoms with van der Waals surface area (Å²) >= 11 is 19.2. The molecule has 0 saturated carbocycles. The van der Waals surface area contributed by atoms with Gasteiger partial charge in [-0.1, -0.05) is 41.4 Å². The first-order chi connectivity index (χ1) is 10.6. The molecule has 1 heterocycles. The third-order valence-electron chi connectivity index (χ3n) is 3.10. The van der Waals surface area contributed by atoms with Crippen LogP contribution >= 0.6 is 47.2 Å². The number of anilines is 2. The Morgan fingerprint density at radius 1 is 1.14 bits per heavy atom. The molecule has 0 aromatic heterocycles. The molecule has 3 rings (SSSR count). The maximum Gasteiger partial charge on any atom is 0.243 e. The topological polar surface area (TPSA) is 32.3 Å². The highest BCUT2D eigenvalue weighted by Gasteiger charge is 2.28. The van der Waals surface area contributed by atoms with Crippen LogP contribution < -0.4 is 10.2 Å². The van der Waals surface area contributed by atoms with Crippen molar-refractivity contribution >= 4 is 69.6 Å². The summed E-state index contributed by atoms with van der Waals surface area (Å²) < 4.78 is 0. The van der Waals surface area contributed by atoms with Crippen LogP contribution in [0.1, 0.15) is 0 Å². The molecule has 0 atom stereocenters. The molecule has 112 valence electrons. The second-order valence-electron chi connectivity index (χ2n) is 4.51. The number of thiocarbonyl (C=S) groups is 1. The smallest absolute Gasteiger partial charge is 0.243 e. The summed E-state index contributed by atoms with van der Waals surface area (Å²) in [5.74, 6) is 0.263. The first-order valence-electron chi connectivity index (χ1n) is 6.37. The van der Waals surface area contributed by atoms with Crippen molar-refractivity contribution in [1.29, 1.82) is 0 Å². The fourth-order valence-electron chi connectivity index (χ4n) is 2.11. The normalized spacial score (nSPS) is 13.7. The molecule has 0 saturated heterocycles. The van der Waals surface area contributed by atoms with Gasteiger partial charge in [0, 0.05) is 4.90 Å². The Kier molecular flexibility index (Phi) is 4.59. The van der Waals surface area contributed by atoms with Crippen molar-refractivity contribution in [2.24, 2.45) is 0 Å². The maximum atomic E-state index is 12.3. The van der Waals surface area contributed by atoms with Gasteiger partial charge in [-0.2, -0.15) is 0 Å². The molecule has 1 N–H and O–H groups in total. The third kappa shape index (κ3) is 2.94. The lowest BCUT2D eigenvalue weighted by molar-refractivity contribution is -0.115. The Labute approximate surface area is 147 Å². The van der Waals surface area contributed by atoms with Crippen LogP contribution in [0.3, 0.4) is 0 Å². The maximum absolute atomic E-state index is 12.3. The summed E-state index contributed by atoms with van der Waals surface area (Å²) in [6.45, 7) is 0. The molecule has 1 amide bonds. The number of carbonyl (C=O) groups excluding carboxylic acids is 1. The molecule has 0 aliphatic carbocycles. The number of amides is 1. The number of carbonyl (C=O) groups is 1. The minimum Gasteiger partial charge on any atom is -0.329 e. The number of nitrogens with zero attached hydrogens (tertiary/aromatic N) is 1. The molecule has 0 radical (unpaired) electrons. The summed E-state index contributed by atoms with van der Waals surface area (Å²) in [6.07, 6.45) is 0. The van der Waals surface area contributed by atoms with Gasteiger partial charge < -0.3 is 5.32 Å². The van der Waals surface area contributed by atoms with E-state index in [2.05, 4.69) is 5.32 Å². The average Bonchev–Trinajstić information content (AvgIpc) is 2.51. The molecule has 0 fully saturated rings. The minimum absolute atomic E-state index is 0.0793. The van der Waals surface area contributed by atoms with Crippen LogP contribution in [0, 0.1) is 0 Å². The molecular formula is C15H10Cl2N2OS2. The fourth-order valence-corrected chi connectivity index (χ4v) is 3.79. The fraction of sp³-hybridized carbons (Fsp3) is 0.0667. The van der Waals surface area contributed by atoms with Crippen molar-refractivity contribution in [3.63, 3.8) is 0 Å². The lowest BCUT2D eigenvalue weighted by Crippen LogP contribution is -2.43. The quantitative estimate of drug-likeness (QED) is 0.730. The van der Waals surface area contributed by atoms with Gasteiger partial charge in [-0.15, -0.1) is 11.8 Å². The zero-order chi connectivity index (χ0) is 15.7. The largest absolute Gasteiger partial charge is 0.329 e. The average molecular weight is 369 g/mol. The summed E-state index contributed by atoms with van der Waals surface area (Å²) in [5.41, 5.74) is 1.27. The van der Waals surface area contributed by atoms with E-state index in [9.17, 15) is 4.79 Å². The number of para-hydroxylation sites is 2. The summed E-state index contributed by atoms with van der Waals surface area (Å²) in [6, 6.07) is 12.8. The van der Waals surface area contributed by atoms with Gasteiger partial charge in [-0.05, 0) is 36.5 Å². The van der Waals surface area contributed by atoms with E-state index in [0.717, 1.165) is 10.6 Å². The molecule has 1 aliphatic rings. The van der Waals surface area contributed by atoms with Crippen LogP contribution in [0.2, 0.25) is 10.0 Å². The Bertz CT molecular complexity index is 747. The summed E-state index contributed by atoms with van der Waals surface area (Å²) in [4.78, 5) is 14.8. The minimum atomic E-state index is -0.0793. The molecule has 0 unspecified atom stereocenters. The van der Waals surface area contributed by atoms with Gasteiger partial charge in [0.25, 0.3) is 0 Å². The SMILES string of the molecule is O=C1CSc2ccccc2N1C(=S)Nc1c(Cl)cccc1Cl. The van der Waals surface area contributed by atoms with Gasteiger partial charge in [-0.3, -0.25) is 9.69 Å². The predicted octanol–water partition coefficient (Wildman–Crippen LogP) is 4.83. The summed E-state index contributed by atoms with van der Waals surface area (Å²) in [5, 5.41) is 4.13. The molecule has 0 spiro atoms. The third-order valence-corrected chi connectivity index (χ3v) is 5.07. The predicted molar refractivity (Wildman–Crippen MR) is 97.3 cm³/mol. The van der Waals surface area contributed by atoms with Gasteiger partial charge in [0.15, 0.2) is 5.11 Å². The van der Waals surface area contributed by atoms with E-state index < -0.39 is 0 Å². The van der Waals surface area contributed by atoms with Crippen molar-refractivity contribution in [3.8, 4) is 0 Å². The summed E-state index contributed by atoms with van der Waals surface area (Å²) in [7, 11) is 0. The number of rotatable bonds is 1. The van der Waals surface area contributed by atoms with Crippen LogP contribution in [0.4, 0.5) is 11.4 Å². The number of thioether (sulfide) groups is 1. The van der Waals surface area contributed by atoms with Crippen LogP contribution in [-0.4, -0.2) is 16.8 Å². The van der Waals surface area contributed by atoms with Gasteiger partial charge in [0.1, 0.15) is 0 Å². The number of nitrogens with one attached hydrogen (secondary N) is 1. The lowest BCUT2D eigenvalue weighted by Gasteiger charge is -2.29. The van der Waals surface area contributed by atoms with Gasteiger partial charge >= 0.3 is 0 Å². The van der Waals surface area contributed by atoms with Crippen LogP contribution in [0.5, 0.6) is 0 Å². The Morgan fingerprint density at radius 2 is 1.82 bits per heavy atom. The standard InChI is InChI=1S/C15H10Cl2N2OS2/c16-9-4-3-5-10(17)14(9)18-15(21)19-11-6-1-2-7-12(11)22-8-13(19)20/h1-7H,8H2,(H,18,21). The molecule has 2 aromatic rings. The monoisotopic (exact) mass is 368 g/mol. The van der Waals surface area contributed by atoms with Crippen LogP contribution in [0.15, 0.2) is 47.4 Å². The van der Waals surface area contributed by atoms with Crippen LogP contribution in [0.25, 0.3) is 0 Å². The van der Waals surface area contributed by atoms with E-state index in [-0.39, 0.29) is 11.0 Å². The lowest BCUT2D eigenvalue weighted by atomic mass is 10.3. The van der Waals surface area contributed by atoms with E-state index in [4.69, 9.17) is 35.4 Å². The Hall–Kier alpha value is -1.27. The highest BCUT2D eigenvalue weighted by atomic mass is 35.5. The second-order valence-corrected chi connectivity index (χ2v) is 6.73. The number of hydrogen-bond acceptors (Lipinski definition) is 3. The molecule has 7 heteroatoms. The number of benzene rings is 2. The number of halogens is 2. The van der Waals surface area contributed by atoms with E-state index in [1.807, 2.05) is 24.3 Å². The first-order valence-corrected chi connectivity index (χ1v) is 8.52. The van der Waals surface area contributed by atoms with Crippen LogP contribution in [-0.2, 0) is 4.79 Å². The molecule has 3 nitrogen and oxygen atoms in total. The van der Waals surface area contributed by atoms with E-state index >= 15 is 0 Å². The van der Waals surface area contributed by atoms with Gasteiger partial charge in [-0.25, -0.2) is 0 Å².